The lowest BCUT2D eigenvalue weighted by atomic mass is 9.98. The van der Waals surface area contributed by atoms with Gasteiger partial charge >= 0.3 is 0 Å². The summed E-state index contributed by atoms with van der Waals surface area (Å²) in [6.07, 6.45) is 3.70. The average molecular weight is 260 g/mol. The second-order valence-corrected chi connectivity index (χ2v) is 4.77. The van der Waals surface area contributed by atoms with Gasteiger partial charge in [0.1, 0.15) is 23.5 Å². The first-order chi connectivity index (χ1) is 9.78. The molecule has 0 aliphatic heterocycles. The van der Waals surface area contributed by atoms with Crippen LogP contribution in [0.3, 0.4) is 0 Å². The summed E-state index contributed by atoms with van der Waals surface area (Å²) in [6, 6.07) is 11.9. The van der Waals surface area contributed by atoms with Crippen molar-refractivity contribution in [2.75, 3.05) is 7.11 Å². The quantitative estimate of drug-likeness (QED) is 0.778. The summed E-state index contributed by atoms with van der Waals surface area (Å²) in [5, 5.41) is 20.1. The fourth-order valence-electron chi connectivity index (χ4n) is 2.86. The van der Waals surface area contributed by atoms with Crippen molar-refractivity contribution in [3.8, 4) is 17.9 Å². The van der Waals surface area contributed by atoms with Crippen LogP contribution in [0, 0.1) is 22.7 Å². The van der Waals surface area contributed by atoms with Gasteiger partial charge in [0.25, 0.3) is 0 Å². The summed E-state index contributed by atoms with van der Waals surface area (Å²) < 4.78 is 5.46. The van der Waals surface area contributed by atoms with Crippen LogP contribution in [-0.2, 0) is 12.8 Å². The van der Waals surface area contributed by atoms with Gasteiger partial charge in [-0.25, -0.2) is 0 Å². The van der Waals surface area contributed by atoms with Crippen molar-refractivity contribution in [2.45, 2.75) is 12.8 Å². The highest BCUT2D eigenvalue weighted by molar-refractivity contribution is 6.01. The predicted molar refractivity (Wildman–Crippen MR) is 77.1 cm³/mol. The van der Waals surface area contributed by atoms with E-state index in [4.69, 9.17) is 15.3 Å². The molecule has 0 heterocycles. The van der Waals surface area contributed by atoms with E-state index in [-0.39, 0.29) is 5.57 Å². The fourth-order valence-corrected chi connectivity index (χ4v) is 2.86. The lowest BCUT2D eigenvalue weighted by Gasteiger charge is -2.10. The smallest absolute Gasteiger partial charge is 0.130 e. The molecule has 2 aromatic carbocycles. The van der Waals surface area contributed by atoms with Crippen LogP contribution in [0.4, 0.5) is 0 Å². The summed E-state index contributed by atoms with van der Waals surface area (Å²) in [5.74, 6) is 0.786. The summed E-state index contributed by atoms with van der Waals surface area (Å²) in [5.41, 5.74) is 3.58. The first kappa shape index (κ1) is 12.3. The fraction of sp³-hybridized carbons (Fsp3) is 0.176. The molecular formula is C17H12N2O. The molecule has 0 aromatic heterocycles. The van der Waals surface area contributed by atoms with E-state index in [9.17, 15) is 0 Å². The highest BCUT2D eigenvalue weighted by Crippen LogP contribution is 2.39. The van der Waals surface area contributed by atoms with Crippen LogP contribution in [0.5, 0.6) is 5.75 Å². The zero-order valence-corrected chi connectivity index (χ0v) is 11.1. The molecule has 0 N–H and O–H groups in total. The summed E-state index contributed by atoms with van der Waals surface area (Å²) in [6.45, 7) is 0. The molecule has 0 amide bonds. The minimum atomic E-state index is 0.103. The van der Waals surface area contributed by atoms with Gasteiger partial charge in [-0.2, -0.15) is 10.5 Å². The van der Waals surface area contributed by atoms with Crippen molar-refractivity contribution in [2.24, 2.45) is 0 Å². The van der Waals surface area contributed by atoms with Crippen LogP contribution >= 0.6 is 0 Å². The largest absolute Gasteiger partial charge is 0.496 e. The molecule has 0 radical (unpaired) electrons. The van der Waals surface area contributed by atoms with Gasteiger partial charge in [-0.15, -0.1) is 0 Å². The molecule has 0 bridgehead atoms. The van der Waals surface area contributed by atoms with Crippen molar-refractivity contribution in [1.29, 1.82) is 10.5 Å². The minimum absolute atomic E-state index is 0.103. The molecule has 3 heteroatoms. The number of rotatable bonds is 2. The van der Waals surface area contributed by atoms with Crippen molar-refractivity contribution in [3.05, 3.63) is 46.5 Å². The molecule has 96 valence electrons. The Balaban J connectivity index is 2.39. The molecule has 2 aromatic rings. The summed E-state index contributed by atoms with van der Waals surface area (Å²) >= 11 is 0. The lowest BCUT2D eigenvalue weighted by molar-refractivity contribution is 0.419. The monoisotopic (exact) mass is 260 g/mol. The number of hydrogen-bond acceptors (Lipinski definition) is 3. The van der Waals surface area contributed by atoms with Gasteiger partial charge in [0, 0.05) is 5.39 Å². The van der Waals surface area contributed by atoms with Gasteiger partial charge < -0.3 is 4.74 Å². The van der Waals surface area contributed by atoms with Gasteiger partial charge in [-0.3, -0.25) is 0 Å². The van der Waals surface area contributed by atoms with Crippen LogP contribution in [0.1, 0.15) is 16.7 Å². The number of nitriles is 2. The van der Waals surface area contributed by atoms with E-state index < -0.39 is 0 Å². The van der Waals surface area contributed by atoms with Crippen LogP contribution in [0.25, 0.3) is 16.8 Å². The summed E-state index contributed by atoms with van der Waals surface area (Å²) in [4.78, 5) is 0. The number of aryl methyl sites for hydroxylation is 2. The Labute approximate surface area is 117 Å². The maximum atomic E-state index is 8.94. The van der Waals surface area contributed by atoms with E-state index in [2.05, 4.69) is 12.1 Å². The van der Waals surface area contributed by atoms with Crippen molar-refractivity contribution in [1.82, 2.24) is 0 Å². The van der Waals surface area contributed by atoms with E-state index in [1.807, 2.05) is 24.3 Å². The van der Waals surface area contributed by atoms with Gasteiger partial charge in [-0.1, -0.05) is 18.2 Å². The third kappa shape index (κ3) is 1.73. The molecule has 0 unspecified atom stereocenters. The number of methoxy groups -OCH3 is 1. The minimum Gasteiger partial charge on any atom is -0.496 e. The first-order valence-corrected chi connectivity index (χ1v) is 6.42. The van der Waals surface area contributed by atoms with Gasteiger partial charge in [0.05, 0.1) is 7.11 Å². The SMILES string of the molecule is COc1ccc2c3c(ccc(C=C(C#N)C#N)c13)CC2. The Morgan fingerprint density at radius 3 is 2.30 bits per heavy atom. The Bertz CT molecular complexity index is 793. The number of allylic oxidation sites excluding steroid dienone is 1. The third-order valence-electron chi connectivity index (χ3n) is 3.75. The topological polar surface area (TPSA) is 56.8 Å². The van der Waals surface area contributed by atoms with Crippen LogP contribution in [0.2, 0.25) is 0 Å². The average Bonchev–Trinajstić information content (AvgIpc) is 2.91. The maximum Gasteiger partial charge on any atom is 0.130 e. The standard InChI is InChI=1S/C17H12N2O/c1-20-15-7-6-13-3-2-12-4-5-14(17(15)16(12)13)8-11(9-18)10-19/h4-8H,2-3H2,1H3. The maximum absolute atomic E-state index is 8.94. The number of hydrogen-bond donors (Lipinski definition) is 0. The first-order valence-electron chi connectivity index (χ1n) is 6.42. The van der Waals surface area contributed by atoms with E-state index >= 15 is 0 Å². The number of ether oxygens (including phenoxy) is 1. The Morgan fingerprint density at radius 2 is 1.70 bits per heavy atom. The van der Waals surface area contributed by atoms with Gasteiger partial charge in [0.15, 0.2) is 0 Å². The van der Waals surface area contributed by atoms with Crippen molar-refractivity contribution in [3.63, 3.8) is 0 Å². The van der Waals surface area contributed by atoms with Gasteiger partial charge in [-0.05, 0) is 47.1 Å². The van der Waals surface area contributed by atoms with Crippen LogP contribution in [-0.4, -0.2) is 7.11 Å². The van der Waals surface area contributed by atoms with Crippen LogP contribution in [0.15, 0.2) is 29.8 Å². The molecule has 0 atom stereocenters. The highest BCUT2D eigenvalue weighted by atomic mass is 16.5. The van der Waals surface area contributed by atoms with E-state index in [0.717, 1.165) is 29.5 Å². The molecule has 0 saturated heterocycles. The molecule has 0 saturated carbocycles. The van der Waals surface area contributed by atoms with Gasteiger partial charge in [0.2, 0.25) is 0 Å². The molecule has 3 rings (SSSR count). The second-order valence-electron chi connectivity index (χ2n) is 4.77. The van der Waals surface area contributed by atoms with Crippen LogP contribution < -0.4 is 4.74 Å². The molecule has 1 aliphatic carbocycles. The predicted octanol–water partition coefficient (Wildman–Crippen LogP) is 3.38. The highest BCUT2D eigenvalue weighted by Gasteiger charge is 2.18. The Hall–Kier alpha value is -2.78. The van der Waals surface area contributed by atoms with Crippen molar-refractivity contribution >= 4 is 16.8 Å². The molecule has 0 fully saturated rings. The van der Waals surface area contributed by atoms with Crippen molar-refractivity contribution < 1.29 is 4.74 Å². The summed E-state index contributed by atoms with van der Waals surface area (Å²) in [7, 11) is 1.64. The molecule has 1 aliphatic rings. The number of nitrogens with zero attached hydrogens (tertiary/aromatic N) is 2. The zero-order chi connectivity index (χ0) is 14.1. The molecule has 20 heavy (non-hydrogen) atoms. The normalized spacial score (nSPS) is 11.8. The van der Waals surface area contributed by atoms with E-state index in [1.54, 1.807) is 13.2 Å². The molecular weight excluding hydrogens is 248 g/mol. The molecule has 3 nitrogen and oxygen atoms in total. The molecule has 0 spiro atoms. The number of benzene rings is 2. The lowest BCUT2D eigenvalue weighted by Crippen LogP contribution is -1.90. The Kier molecular flexibility index (Phi) is 2.89. The van der Waals surface area contributed by atoms with E-state index in [1.165, 1.54) is 16.5 Å². The van der Waals surface area contributed by atoms with E-state index in [0.29, 0.717) is 0 Å². The zero-order valence-electron chi connectivity index (χ0n) is 11.1. The third-order valence-corrected chi connectivity index (χ3v) is 3.75. The second kappa shape index (κ2) is 4.72. The Morgan fingerprint density at radius 1 is 1.05 bits per heavy atom.